The van der Waals surface area contributed by atoms with Crippen LogP contribution < -0.4 is 14.8 Å². The van der Waals surface area contributed by atoms with Gasteiger partial charge in [-0.25, -0.2) is 4.79 Å². The summed E-state index contributed by atoms with van der Waals surface area (Å²) in [5.41, 5.74) is 1.58. The lowest BCUT2D eigenvalue weighted by Crippen LogP contribution is -2.31. The summed E-state index contributed by atoms with van der Waals surface area (Å²) >= 11 is 0. The number of benzene rings is 2. The van der Waals surface area contributed by atoms with E-state index in [1.165, 1.54) is 20.1 Å². The van der Waals surface area contributed by atoms with Gasteiger partial charge in [-0.1, -0.05) is 30.3 Å². The number of amides is 1. The molecule has 28 heavy (non-hydrogen) atoms. The number of ketones is 1. The molecule has 0 fully saturated rings. The Morgan fingerprint density at radius 2 is 1.71 bits per heavy atom. The highest BCUT2D eigenvalue weighted by Gasteiger charge is 2.12. The summed E-state index contributed by atoms with van der Waals surface area (Å²) in [6, 6.07) is 14.4. The summed E-state index contributed by atoms with van der Waals surface area (Å²) in [5, 5.41) is 2.69. The van der Waals surface area contributed by atoms with E-state index in [2.05, 4.69) is 5.32 Å². The standard InChI is InChI=1S/C21H23NO6/c1-15(23)17-8-9-18(19(12-17)26-2)27-14-21(25)28-13-20(24)22-11-10-16-6-4-3-5-7-16/h3-9,12H,10-11,13-14H2,1-2H3,(H,22,24). The van der Waals surface area contributed by atoms with Crippen molar-refractivity contribution < 1.29 is 28.6 Å². The Morgan fingerprint density at radius 3 is 2.39 bits per heavy atom. The van der Waals surface area contributed by atoms with E-state index in [-0.39, 0.29) is 24.9 Å². The zero-order valence-corrected chi connectivity index (χ0v) is 15.9. The molecule has 2 rings (SSSR count). The molecule has 0 aliphatic carbocycles. The second-order valence-corrected chi connectivity index (χ2v) is 5.96. The van der Waals surface area contributed by atoms with Crippen LogP contribution in [0.3, 0.4) is 0 Å². The van der Waals surface area contributed by atoms with E-state index in [1.807, 2.05) is 30.3 Å². The van der Waals surface area contributed by atoms with Gasteiger partial charge in [0.25, 0.3) is 5.91 Å². The molecular formula is C21H23NO6. The maximum Gasteiger partial charge on any atom is 0.344 e. The second-order valence-electron chi connectivity index (χ2n) is 5.96. The van der Waals surface area contributed by atoms with Crippen molar-refractivity contribution in [1.82, 2.24) is 5.32 Å². The number of esters is 1. The molecule has 0 heterocycles. The Morgan fingerprint density at radius 1 is 0.964 bits per heavy atom. The Bertz CT molecular complexity index is 819. The van der Waals surface area contributed by atoms with E-state index in [4.69, 9.17) is 14.2 Å². The Hall–Kier alpha value is -3.35. The van der Waals surface area contributed by atoms with Crippen molar-refractivity contribution in [2.75, 3.05) is 26.9 Å². The molecule has 0 radical (unpaired) electrons. The van der Waals surface area contributed by atoms with Crippen LogP contribution in [-0.2, 0) is 20.7 Å². The first-order valence-corrected chi connectivity index (χ1v) is 8.77. The van der Waals surface area contributed by atoms with E-state index in [1.54, 1.807) is 12.1 Å². The molecule has 7 heteroatoms. The molecule has 2 aromatic carbocycles. The third-order valence-electron chi connectivity index (χ3n) is 3.86. The molecule has 7 nitrogen and oxygen atoms in total. The van der Waals surface area contributed by atoms with Gasteiger partial charge in [-0.15, -0.1) is 0 Å². The SMILES string of the molecule is COc1cc(C(C)=O)ccc1OCC(=O)OCC(=O)NCCc1ccccc1. The first kappa shape index (κ1) is 21.0. The van der Waals surface area contributed by atoms with Crippen molar-refractivity contribution in [2.45, 2.75) is 13.3 Å². The molecule has 2 aromatic rings. The fourth-order valence-corrected chi connectivity index (χ4v) is 2.37. The average molecular weight is 385 g/mol. The molecule has 0 aliphatic rings. The molecule has 0 atom stereocenters. The van der Waals surface area contributed by atoms with Crippen LogP contribution in [0.1, 0.15) is 22.8 Å². The minimum absolute atomic E-state index is 0.109. The van der Waals surface area contributed by atoms with Crippen LogP contribution in [0.2, 0.25) is 0 Å². The van der Waals surface area contributed by atoms with Crippen molar-refractivity contribution in [3.05, 3.63) is 59.7 Å². The van der Waals surface area contributed by atoms with Gasteiger partial charge in [0.1, 0.15) is 0 Å². The van der Waals surface area contributed by atoms with Crippen LogP contribution in [0.25, 0.3) is 0 Å². The molecule has 0 aromatic heterocycles. The number of methoxy groups -OCH3 is 1. The molecule has 0 bridgehead atoms. The molecule has 0 unspecified atom stereocenters. The highest BCUT2D eigenvalue weighted by Crippen LogP contribution is 2.28. The van der Waals surface area contributed by atoms with Crippen LogP contribution in [0.15, 0.2) is 48.5 Å². The number of rotatable bonds is 10. The summed E-state index contributed by atoms with van der Waals surface area (Å²) in [4.78, 5) is 34.9. The van der Waals surface area contributed by atoms with Gasteiger partial charge >= 0.3 is 5.97 Å². The van der Waals surface area contributed by atoms with Gasteiger partial charge in [0, 0.05) is 12.1 Å². The fourth-order valence-electron chi connectivity index (χ4n) is 2.37. The zero-order valence-electron chi connectivity index (χ0n) is 15.9. The van der Waals surface area contributed by atoms with Crippen LogP contribution in [0.4, 0.5) is 0 Å². The predicted octanol–water partition coefficient (Wildman–Crippen LogP) is 2.18. The first-order valence-electron chi connectivity index (χ1n) is 8.77. The smallest absolute Gasteiger partial charge is 0.344 e. The Labute approximate surface area is 163 Å². The molecule has 0 saturated carbocycles. The summed E-state index contributed by atoms with van der Waals surface area (Å²) in [6.45, 7) is 1.14. The van der Waals surface area contributed by atoms with Gasteiger partial charge < -0.3 is 19.5 Å². The maximum atomic E-state index is 11.8. The van der Waals surface area contributed by atoms with Crippen LogP contribution in [0, 0.1) is 0 Å². The lowest BCUT2D eigenvalue weighted by Gasteiger charge is -2.11. The quantitative estimate of drug-likeness (QED) is 0.498. The molecular weight excluding hydrogens is 362 g/mol. The van der Waals surface area contributed by atoms with Crippen LogP contribution in [-0.4, -0.2) is 44.5 Å². The zero-order chi connectivity index (χ0) is 20.4. The van der Waals surface area contributed by atoms with Crippen molar-refractivity contribution >= 4 is 17.7 Å². The van der Waals surface area contributed by atoms with Crippen molar-refractivity contribution in [3.8, 4) is 11.5 Å². The second kappa shape index (κ2) is 10.7. The lowest BCUT2D eigenvalue weighted by atomic mass is 10.1. The average Bonchev–Trinajstić information content (AvgIpc) is 2.71. The highest BCUT2D eigenvalue weighted by atomic mass is 16.6. The van der Waals surface area contributed by atoms with E-state index < -0.39 is 5.97 Å². The van der Waals surface area contributed by atoms with E-state index in [0.29, 0.717) is 30.0 Å². The molecule has 0 aliphatic heterocycles. The third kappa shape index (κ3) is 6.75. The van der Waals surface area contributed by atoms with Gasteiger partial charge in [0.05, 0.1) is 7.11 Å². The molecule has 1 N–H and O–H groups in total. The number of nitrogens with one attached hydrogen (secondary N) is 1. The minimum Gasteiger partial charge on any atom is -0.493 e. The number of ether oxygens (including phenoxy) is 3. The number of carbonyl (C=O) groups excluding carboxylic acids is 3. The predicted molar refractivity (Wildman–Crippen MR) is 103 cm³/mol. The minimum atomic E-state index is -0.684. The highest BCUT2D eigenvalue weighted by molar-refractivity contribution is 5.94. The topological polar surface area (TPSA) is 90.9 Å². The summed E-state index contributed by atoms with van der Waals surface area (Å²) in [6.07, 6.45) is 0.694. The first-order chi connectivity index (χ1) is 13.5. The fraction of sp³-hybridized carbons (Fsp3) is 0.286. The lowest BCUT2D eigenvalue weighted by molar-refractivity contribution is -0.150. The number of carbonyl (C=O) groups is 3. The Kier molecular flexibility index (Phi) is 8.02. The summed E-state index contributed by atoms with van der Waals surface area (Å²) < 4.78 is 15.4. The van der Waals surface area contributed by atoms with E-state index in [9.17, 15) is 14.4 Å². The largest absolute Gasteiger partial charge is 0.493 e. The molecule has 0 spiro atoms. The molecule has 1 amide bonds. The number of hydrogen-bond acceptors (Lipinski definition) is 6. The van der Waals surface area contributed by atoms with Gasteiger partial charge in [-0.3, -0.25) is 9.59 Å². The normalized spacial score (nSPS) is 10.1. The number of hydrogen-bond donors (Lipinski definition) is 1. The van der Waals surface area contributed by atoms with Gasteiger partial charge in [0.15, 0.2) is 30.5 Å². The summed E-state index contributed by atoms with van der Waals surface area (Å²) in [5.74, 6) is -0.540. The van der Waals surface area contributed by atoms with Crippen molar-refractivity contribution in [1.29, 1.82) is 0 Å². The monoisotopic (exact) mass is 385 g/mol. The Balaban J connectivity index is 1.71. The number of Topliss-reactive ketones (excluding diaryl/α,β-unsaturated/α-hetero) is 1. The van der Waals surface area contributed by atoms with E-state index >= 15 is 0 Å². The van der Waals surface area contributed by atoms with Crippen LogP contribution in [0.5, 0.6) is 11.5 Å². The van der Waals surface area contributed by atoms with Crippen molar-refractivity contribution in [2.24, 2.45) is 0 Å². The molecule has 0 saturated heterocycles. The van der Waals surface area contributed by atoms with E-state index in [0.717, 1.165) is 5.56 Å². The van der Waals surface area contributed by atoms with Crippen LogP contribution >= 0.6 is 0 Å². The molecule has 148 valence electrons. The van der Waals surface area contributed by atoms with Crippen molar-refractivity contribution in [3.63, 3.8) is 0 Å². The van der Waals surface area contributed by atoms with Gasteiger partial charge in [-0.05, 0) is 37.1 Å². The maximum absolute atomic E-state index is 11.8. The summed E-state index contributed by atoms with van der Waals surface area (Å²) in [7, 11) is 1.43. The van der Waals surface area contributed by atoms with Gasteiger partial charge in [0.2, 0.25) is 0 Å². The third-order valence-corrected chi connectivity index (χ3v) is 3.86. The van der Waals surface area contributed by atoms with Gasteiger partial charge in [-0.2, -0.15) is 0 Å².